The molecule has 0 fully saturated rings. The molecular formula is C18H17NO2. The fourth-order valence-electron chi connectivity index (χ4n) is 1.96. The minimum absolute atomic E-state index is 0.119. The molecule has 0 unspecified atom stereocenters. The van der Waals surface area contributed by atoms with Crippen molar-refractivity contribution in [2.24, 2.45) is 0 Å². The van der Waals surface area contributed by atoms with E-state index in [0.717, 1.165) is 5.56 Å². The second-order valence-corrected chi connectivity index (χ2v) is 4.70. The molecule has 0 N–H and O–H groups in total. The molecule has 2 aromatic carbocycles. The van der Waals surface area contributed by atoms with Gasteiger partial charge in [0.25, 0.3) is 0 Å². The summed E-state index contributed by atoms with van der Waals surface area (Å²) in [5.74, 6) is -0.242. The molecule has 0 spiro atoms. The van der Waals surface area contributed by atoms with Crippen molar-refractivity contribution < 1.29 is 9.59 Å². The van der Waals surface area contributed by atoms with E-state index in [1.165, 1.54) is 17.9 Å². The average Bonchev–Trinajstić information content (AvgIpc) is 2.53. The van der Waals surface area contributed by atoms with Gasteiger partial charge in [0.1, 0.15) is 0 Å². The van der Waals surface area contributed by atoms with Crippen LogP contribution in [0.3, 0.4) is 0 Å². The highest BCUT2D eigenvalue weighted by molar-refractivity contribution is 6.09. The third-order valence-electron chi connectivity index (χ3n) is 3.23. The maximum atomic E-state index is 12.3. The Kier molecular flexibility index (Phi) is 4.67. The molecule has 3 heteroatoms. The molecule has 0 radical (unpaired) electrons. The number of allylic oxidation sites excluding steroid dienone is 1. The van der Waals surface area contributed by atoms with Crippen molar-refractivity contribution in [3.8, 4) is 0 Å². The molecule has 0 atom stereocenters. The van der Waals surface area contributed by atoms with E-state index in [0.29, 0.717) is 11.3 Å². The molecule has 0 aliphatic carbocycles. The SMILES string of the molecule is CC(=O)N(C)/C(=C\C(=O)c1ccccc1)c1ccccc1. The summed E-state index contributed by atoms with van der Waals surface area (Å²) in [5.41, 5.74) is 2.03. The summed E-state index contributed by atoms with van der Waals surface area (Å²) in [6.07, 6.45) is 1.51. The van der Waals surface area contributed by atoms with E-state index in [4.69, 9.17) is 0 Å². The van der Waals surface area contributed by atoms with Crippen LogP contribution in [0.25, 0.3) is 5.70 Å². The average molecular weight is 279 g/mol. The number of benzene rings is 2. The lowest BCUT2D eigenvalue weighted by Crippen LogP contribution is -2.23. The Balaban J connectivity index is 2.43. The molecule has 0 bridgehead atoms. The monoisotopic (exact) mass is 279 g/mol. The molecule has 21 heavy (non-hydrogen) atoms. The number of amides is 1. The smallest absolute Gasteiger partial charge is 0.223 e. The topological polar surface area (TPSA) is 37.4 Å². The molecule has 0 heterocycles. The third-order valence-corrected chi connectivity index (χ3v) is 3.23. The molecule has 106 valence electrons. The Labute approximate surface area is 124 Å². The maximum absolute atomic E-state index is 12.3. The maximum Gasteiger partial charge on any atom is 0.223 e. The first-order valence-corrected chi connectivity index (χ1v) is 6.70. The summed E-state index contributed by atoms with van der Waals surface area (Å²) >= 11 is 0. The van der Waals surface area contributed by atoms with Crippen LogP contribution in [-0.2, 0) is 4.79 Å². The van der Waals surface area contributed by atoms with E-state index in [9.17, 15) is 9.59 Å². The second-order valence-electron chi connectivity index (χ2n) is 4.70. The lowest BCUT2D eigenvalue weighted by atomic mass is 10.1. The predicted octanol–water partition coefficient (Wildman–Crippen LogP) is 3.39. The zero-order valence-electron chi connectivity index (χ0n) is 12.1. The summed E-state index contributed by atoms with van der Waals surface area (Å²) in [4.78, 5) is 25.5. The van der Waals surface area contributed by atoms with Crippen molar-refractivity contribution in [1.29, 1.82) is 0 Å². The third kappa shape index (κ3) is 3.66. The summed E-state index contributed by atoms with van der Waals surface area (Å²) in [7, 11) is 1.67. The van der Waals surface area contributed by atoms with E-state index in [1.54, 1.807) is 19.2 Å². The Morgan fingerprint density at radius 1 is 0.857 bits per heavy atom. The highest BCUT2D eigenvalue weighted by Gasteiger charge is 2.13. The van der Waals surface area contributed by atoms with Crippen LogP contribution in [-0.4, -0.2) is 23.6 Å². The van der Waals surface area contributed by atoms with Gasteiger partial charge in [0.15, 0.2) is 5.78 Å². The molecule has 3 nitrogen and oxygen atoms in total. The van der Waals surface area contributed by atoms with Crippen molar-refractivity contribution in [2.45, 2.75) is 6.92 Å². The molecule has 0 aromatic heterocycles. The highest BCUT2D eigenvalue weighted by atomic mass is 16.2. The van der Waals surface area contributed by atoms with Crippen LogP contribution >= 0.6 is 0 Å². The second kappa shape index (κ2) is 6.66. The standard InChI is InChI=1S/C18H17NO2/c1-14(20)19(2)17(15-9-5-3-6-10-15)13-18(21)16-11-7-4-8-12-16/h3-13H,1-2H3/b17-13-. The number of rotatable bonds is 4. The van der Waals surface area contributed by atoms with Crippen LogP contribution in [0.15, 0.2) is 66.7 Å². The van der Waals surface area contributed by atoms with Gasteiger partial charge in [-0.1, -0.05) is 60.7 Å². The Hall–Kier alpha value is -2.68. The first kappa shape index (κ1) is 14.7. The lowest BCUT2D eigenvalue weighted by molar-refractivity contribution is -0.124. The van der Waals surface area contributed by atoms with Crippen LogP contribution in [0.1, 0.15) is 22.8 Å². The molecule has 1 amide bonds. The van der Waals surface area contributed by atoms with Crippen LogP contribution in [0.2, 0.25) is 0 Å². The van der Waals surface area contributed by atoms with Crippen molar-refractivity contribution in [3.63, 3.8) is 0 Å². The van der Waals surface area contributed by atoms with Gasteiger partial charge in [0.2, 0.25) is 5.91 Å². The van der Waals surface area contributed by atoms with Crippen LogP contribution in [0.5, 0.6) is 0 Å². The number of carbonyl (C=O) groups excluding carboxylic acids is 2. The Morgan fingerprint density at radius 3 is 1.81 bits per heavy atom. The van der Waals surface area contributed by atoms with Gasteiger partial charge in [-0.25, -0.2) is 0 Å². The van der Waals surface area contributed by atoms with Crippen molar-refractivity contribution in [2.75, 3.05) is 7.05 Å². The number of hydrogen-bond acceptors (Lipinski definition) is 2. The van der Waals surface area contributed by atoms with Gasteiger partial charge < -0.3 is 4.90 Å². The minimum Gasteiger partial charge on any atom is -0.315 e. The summed E-state index contributed by atoms with van der Waals surface area (Å²) in [5, 5.41) is 0. The van der Waals surface area contributed by atoms with E-state index in [1.807, 2.05) is 48.5 Å². The quantitative estimate of drug-likeness (QED) is 0.635. The first-order valence-electron chi connectivity index (χ1n) is 6.70. The van der Waals surface area contributed by atoms with Crippen LogP contribution in [0, 0.1) is 0 Å². The lowest BCUT2D eigenvalue weighted by Gasteiger charge is -2.19. The number of ketones is 1. The summed E-state index contributed by atoms with van der Waals surface area (Å²) < 4.78 is 0. The molecule has 0 aliphatic heterocycles. The molecule has 2 aromatic rings. The largest absolute Gasteiger partial charge is 0.315 e. The molecule has 0 saturated carbocycles. The van der Waals surface area contributed by atoms with E-state index in [-0.39, 0.29) is 11.7 Å². The van der Waals surface area contributed by atoms with Gasteiger partial charge in [-0.3, -0.25) is 9.59 Å². The number of hydrogen-bond donors (Lipinski definition) is 0. The van der Waals surface area contributed by atoms with Gasteiger partial charge >= 0.3 is 0 Å². The fraction of sp³-hybridized carbons (Fsp3) is 0.111. The molecule has 0 saturated heterocycles. The van der Waals surface area contributed by atoms with E-state index < -0.39 is 0 Å². The highest BCUT2D eigenvalue weighted by Crippen LogP contribution is 2.19. The Morgan fingerprint density at radius 2 is 1.33 bits per heavy atom. The molecular weight excluding hydrogens is 262 g/mol. The van der Waals surface area contributed by atoms with Gasteiger partial charge in [-0.15, -0.1) is 0 Å². The number of nitrogens with zero attached hydrogens (tertiary/aromatic N) is 1. The summed E-state index contributed by atoms with van der Waals surface area (Å²) in [6.45, 7) is 1.48. The van der Waals surface area contributed by atoms with E-state index >= 15 is 0 Å². The molecule has 0 aliphatic rings. The zero-order chi connectivity index (χ0) is 15.2. The molecule has 2 rings (SSSR count). The predicted molar refractivity (Wildman–Crippen MR) is 83.6 cm³/mol. The van der Waals surface area contributed by atoms with Crippen LogP contribution in [0.4, 0.5) is 0 Å². The van der Waals surface area contributed by atoms with E-state index in [2.05, 4.69) is 0 Å². The fourth-order valence-corrected chi connectivity index (χ4v) is 1.96. The first-order chi connectivity index (χ1) is 10.1. The van der Waals surface area contributed by atoms with Crippen LogP contribution < -0.4 is 0 Å². The number of carbonyl (C=O) groups is 2. The van der Waals surface area contributed by atoms with Gasteiger partial charge in [-0.05, 0) is 5.56 Å². The van der Waals surface area contributed by atoms with Gasteiger partial charge in [0, 0.05) is 25.6 Å². The van der Waals surface area contributed by atoms with Crippen molar-refractivity contribution >= 4 is 17.4 Å². The Bertz CT molecular complexity index is 660. The summed E-state index contributed by atoms with van der Waals surface area (Å²) in [6, 6.07) is 18.4. The van der Waals surface area contributed by atoms with Gasteiger partial charge in [0.05, 0.1) is 5.70 Å². The normalized spacial score (nSPS) is 11.0. The zero-order valence-corrected chi connectivity index (χ0v) is 12.1. The van der Waals surface area contributed by atoms with Crippen molar-refractivity contribution in [1.82, 2.24) is 4.90 Å². The minimum atomic E-state index is -0.123. The van der Waals surface area contributed by atoms with Gasteiger partial charge in [-0.2, -0.15) is 0 Å². The van der Waals surface area contributed by atoms with Crippen molar-refractivity contribution in [3.05, 3.63) is 77.9 Å².